The van der Waals surface area contributed by atoms with E-state index in [0.717, 1.165) is 47.5 Å². The van der Waals surface area contributed by atoms with Crippen molar-refractivity contribution in [3.8, 4) is 28.4 Å². The van der Waals surface area contributed by atoms with E-state index in [2.05, 4.69) is 4.98 Å². The Labute approximate surface area is 163 Å². The highest BCUT2D eigenvalue weighted by Crippen LogP contribution is 2.53. The molecule has 2 aliphatic rings. The van der Waals surface area contributed by atoms with Crippen LogP contribution < -0.4 is 4.74 Å². The SMILES string of the molecule is CC.Cc1ccc2c(c1)OC1(CCC1)c1[nH]c(-c3c(F)cccc3Cl)nc1-2. The van der Waals surface area contributed by atoms with E-state index in [1.807, 2.05) is 39.0 Å². The summed E-state index contributed by atoms with van der Waals surface area (Å²) < 4.78 is 20.7. The molecule has 1 aromatic heterocycles. The summed E-state index contributed by atoms with van der Waals surface area (Å²) in [5, 5.41) is 0.346. The zero-order valence-corrected chi connectivity index (χ0v) is 16.5. The van der Waals surface area contributed by atoms with Gasteiger partial charge in [0.25, 0.3) is 0 Å². The van der Waals surface area contributed by atoms with Crippen molar-refractivity contribution in [3.05, 3.63) is 58.5 Å². The number of aromatic nitrogens is 2. The van der Waals surface area contributed by atoms with Crippen LogP contribution >= 0.6 is 11.6 Å². The molecule has 1 N–H and O–H groups in total. The van der Waals surface area contributed by atoms with Crippen LogP contribution in [0.2, 0.25) is 5.02 Å². The summed E-state index contributed by atoms with van der Waals surface area (Å²) in [5.74, 6) is 0.924. The number of hydrogen-bond donors (Lipinski definition) is 1. The molecule has 0 atom stereocenters. The average Bonchev–Trinajstić information content (AvgIpc) is 3.06. The minimum absolute atomic E-state index is 0.307. The molecule has 0 bridgehead atoms. The van der Waals surface area contributed by atoms with Gasteiger partial charge in [0, 0.05) is 5.56 Å². The molecule has 1 spiro atoms. The van der Waals surface area contributed by atoms with Crippen molar-refractivity contribution < 1.29 is 9.13 Å². The number of fused-ring (bicyclic) bond motifs is 4. The van der Waals surface area contributed by atoms with E-state index < -0.39 is 0 Å². The lowest BCUT2D eigenvalue weighted by molar-refractivity contribution is -0.0180. The summed E-state index contributed by atoms with van der Waals surface area (Å²) in [6.07, 6.45) is 2.97. The fourth-order valence-electron chi connectivity index (χ4n) is 3.76. The number of nitrogens with zero attached hydrogens (tertiary/aromatic N) is 1. The molecule has 1 saturated carbocycles. The number of halogens is 2. The molecule has 140 valence electrons. The van der Waals surface area contributed by atoms with E-state index in [1.54, 1.807) is 12.1 Å². The van der Waals surface area contributed by atoms with Crippen molar-refractivity contribution in [2.45, 2.75) is 45.6 Å². The molecule has 3 aromatic rings. The van der Waals surface area contributed by atoms with E-state index in [0.29, 0.717) is 16.4 Å². The van der Waals surface area contributed by atoms with Crippen molar-refractivity contribution in [2.75, 3.05) is 0 Å². The molecular formula is C22H22ClFN2O. The molecule has 27 heavy (non-hydrogen) atoms. The van der Waals surface area contributed by atoms with E-state index >= 15 is 0 Å². The summed E-state index contributed by atoms with van der Waals surface area (Å²) in [5.41, 5.74) is 3.79. The zero-order chi connectivity index (χ0) is 19.2. The molecule has 5 rings (SSSR count). The topological polar surface area (TPSA) is 37.9 Å². The minimum Gasteiger partial charge on any atom is -0.480 e. The van der Waals surface area contributed by atoms with Gasteiger partial charge in [-0.2, -0.15) is 0 Å². The zero-order valence-electron chi connectivity index (χ0n) is 15.7. The van der Waals surface area contributed by atoms with Gasteiger partial charge in [0.05, 0.1) is 22.0 Å². The Morgan fingerprint density at radius 2 is 1.96 bits per heavy atom. The van der Waals surface area contributed by atoms with Gasteiger partial charge in [0.1, 0.15) is 17.4 Å². The number of H-pyrrole nitrogens is 1. The fourth-order valence-corrected chi connectivity index (χ4v) is 4.01. The Hall–Kier alpha value is -2.33. The third-order valence-corrected chi connectivity index (χ3v) is 5.53. The normalized spacial score (nSPS) is 15.7. The Bertz CT molecular complexity index is 987. The van der Waals surface area contributed by atoms with Crippen LogP contribution in [0.25, 0.3) is 22.6 Å². The van der Waals surface area contributed by atoms with Crippen LogP contribution in [-0.4, -0.2) is 9.97 Å². The van der Waals surface area contributed by atoms with Crippen LogP contribution in [0, 0.1) is 12.7 Å². The van der Waals surface area contributed by atoms with Gasteiger partial charge in [0.15, 0.2) is 5.60 Å². The number of ether oxygens (including phenoxy) is 1. The molecule has 2 aromatic carbocycles. The molecule has 0 amide bonds. The highest BCUT2D eigenvalue weighted by Gasteiger charge is 2.48. The lowest BCUT2D eigenvalue weighted by Gasteiger charge is -2.44. The highest BCUT2D eigenvalue weighted by atomic mass is 35.5. The van der Waals surface area contributed by atoms with E-state index in [9.17, 15) is 4.39 Å². The number of aryl methyl sites for hydroxylation is 1. The summed E-state index contributed by atoms with van der Waals surface area (Å²) in [6, 6.07) is 10.8. The first-order valence-electron chi connectivity index (χ1n) is 9.42. The quantitative estimate of drug-likeness (QED) is 0.510. The molecule has 1 aliphatic heterocycles. The third-order valence-electron chi connectivity index (χ3n) is 5.22. The van der Waals surface area contributed by atoms with Gasteiger partial charge < -0.3 is 9.72 Å². The van der Waals surface area contributed by atoms with Crippen LogP contribution in [0.15, 0.2) is 36.4 Å². The monoisotopic (exact) mass is 384 g/mol. The van der Waals surface area contributed by atoms with Crippen molar-refractivity contribution in [3.63, 3.8) is 0 Å². The number of hydrogen-bond acceptors (Lipinski definition) is 2. The number of aromatic amines is 1. The van der Waals surface area contributed by atoms with E-state index in [4.69, 9.17) is 21.3 Å². The lowest BCUT2D eigenvalue weighted by Crippen LogP contribution is -2.42. The van der Waals surface area contributed by atoms with Crippen LogP contribution in [0.4, 0.5) is 4.39 Å². The molecular weight excluding hydrogens is 363 g/mol. The Balaban J connectivity index is 0.000000872. The van der Waals surface area contributed by atoms with Gasteiger partial charge >= 0.3 is 0 Å². The van der Waals surface area contributed by atoms with Gasteiger partial charge in [-0.25, -0.2) is 9.37 Å². The van der Waals surface area contributed by atoms with Crippen molar-refractivity contribution in [1.82, 2.24) is 9.97 Å². The maximum Gasteiger partial charge on any atom is 0.151 e. The highest BCUT2D eigenvalue weighted by molar-refractivity contribution is 6.33. The van der Waals surface area contributed by atoms with Gasteiger partial charge in [-0.1, -0.05) is 37.6 Å². The standard InChI is InChI=1S/C20H16ClFN2O.C2H6/c1-11-6-7-12-15(10-11)25-20(8-3-9-20)18-17(12)23-19(24-18)16-13(21)4-2-5-14(16)22;1-2/h2,4-7,10H,3,8-9H2,1H3,(H,23,24);1-2H3. The Morgan fingerprint density at radius 1 is 1.19 bits per heavy atom. The molecule has 0 radical (unpaired) electrons. The lowest BCUT2D eigenvalue weighted by atomic mass is 9.75. The van der Waals surface area contributed by atoms with Crippen molar-refractivity contribution in [2.24, 2.45) is 0 Å². The number of benzene rings is 2. The molecule has 2 heterocycles. The molecule has 0 saturated heterocycles. The Morgan fingerprint density at radius 3 is 2.63 bits per heavy atom. The minimum atomic E-state index is -0.383. The average molecular weight is 385 g/mol. The van der Waals surface area contributed by atoms with E-state index in [1.165, 1.54) is 6.07 Å². The summed E-state index contributed by atoms with van der Waals surface area (Å²) in [7, 11) is 0. The predicted molar refractivity (Wildman–Crippen MR) is 107 cm³/mol. The summed E-state index contributed by atoms with van der Waals surface area (Å²) in [4.78, 5) is 8.05. The van der Waals surface area contributed by atoms with Gasteiger partial charge in [-0.15, -0.1) is 0 Å². The van der Waals surface area contributed by atoms with E-state index in [-0.39, 0.29) is 11.4 Å². The number of nitrogens with one attached hydrogen (secondary N) is 1. The van der Waals surface area contributed by atoms with Crippen molar-refractivity contribution >= 4 is 11.6 Å². The molecule has 0 unspecified atom stereocenters. The second-order valence-electron chi connectivity index (χ2n) is 6.86. The maximum absolute atomic E-state index is 14.4. The van der Waals surface area contributed by atoms with Crippen molar-refractivity contribution in [1.29, 1.82) is 0 Å². The Kier molecular flexibility index (Phi) is 4.47. The number of rotatable bonds is 1. The van der Waals surface area contributed by atoms with Crippen LogP contribution in [0.5, 0.6) is 5.75 Å². The van der Waals surface area contributed by atoms with Gasteiger partial charge in [-0.05, 0) is 56.0 Å². The second-order valence-corrected chi connectivity index (χ2v) is 7.26. The first-order chi connectivity index (χ1) is 13.1. The van der Waals surface area contributed by atoms with Crippen LogP contribution in [0.1, 0.15) is 44.4 Å². The van der Waals surface area contributed by atoms with Gasteiger partial charge in [-0.3, -0.25) is 0 Å². The maximum atomic E-state index is 14.4. The molecule has 5 heteroatoms. The first kappa shape index (κ1) is 18.1. The summed E-state index contributed by atoms with van der Waals surface area (Å²) in [6.45, 7) is 6.04. The second kappa shape index (κ2) is 6.68. The fraction of sp³-hybridized carbons (Fsp3) is 0.318. The third kappa shape index (κ3) is 2.74. The number of imidazole rings is 1. The van der Waals surface area contributed by atoms with Gasteiger partial charge in [0.2, 0.25) is 0 Å². The predicted octanol–water partition coefficient (Wildman–Crippen LogP) is 6.64. The molecule has 1 aliphatic carbocycles. The smallest absolute Gasteiger partial charge is 0.151 e. The van der Waals surface area contributed by atoms with Crippen LogP contribution in [-0.2, 0) is 5.60 Å². The molecule has 1 fully saturated rings. The summed E-state index contributed by atoms with van der Waals surface area (Å²) >= 11 is 6.24. The largest absolute Gasteiger partial charge is 0.480 e. The van der Waals surface area contributed by atoms with Crippen LogP contribution in [0.3, 0.4) is 0 Å². The molecule has 3 nitrogen and oxygen atoms in total. The first-order valence-corrected chi connectivity index (χ1v) is 9.80.